The smallest absolute Gasteiger partial charge is 0.211 e. The number of nitrogens with one attached hydrogen (secondary N) is 1. The molecule has 0 aliphatic heterocycles. The van der Waals surface area contributed by atoms with E-state index in [0.717, 1.165) is 18.4 Å². The summed E-state index contributed by atoms with van der Waals surface area (Å²) in [6.07, 6.45) is 4.31. The summed E-state index contributed by atoms with van der Waals surface area (Å²) in [6, 6.07) is 17.4. The van der Waals surface area contributed by atoms with Gasteiger partial charge in [0.15, 0.2) is 0 Å². The van der Waals surface area contributed by atoms with E-state index in [2.05, 4.69) is 29.0 Å². The van der Waals surface area contributed by atoms with Crippen molar-refractivity contribution in [1.29, 1.82) is 0 Å². The van der Waals surface area contributed by atoms with Crippen LogP contribution in [0.2, 0.25) is 0 Å². The molecule has 1 aliphatic carbocycles. The van der Waals surface area contributed by atoms with Crippen LogP contribution < -0.4 is 4.72 Å². The maximum absolute atomic E-state index is 12.3. The molecule has 1 saturated carbocycles. The van der Waals surface area contributed by atoms with Gasteiger partial charge in [-0.15, -0.1) is 0 Å². The van der Waals surface area contributed by atoms with Crippen molar-refractivity contribution in [3.63, 3.8) is 0 Å². The Kier molecular flexibility index (Phi) is 4.55. The standard InChI is InChI=1S/C19H23NO2S/c1-16-7-9-18(10-8-16)23(21,22)20-14-13-19(11-12-19)15-17-5-3-2-4-6-17/h2-10,20H,11-15H2,1H3. The Balaban J connectivity index is 1.55. The van der Waals surface area contributed by atoms with Crippen LogP contribution in [-0.4, -0.2) is 15.0 Å². The van der Waals surface area contributed by atoms with E-state index in [9.17, 15) is 8.42 Å². The molecule has 23 heavy (non-hydrogen) atoms. The van der Waals surface area contributed by atoms with Crippen LogP contribution in [-0.2, 0) is 16.4 Å². The molecule has 0 saturated heterocycles. The van der Waals surface area contributed by atoms with Gasteiger partial charge in [-0.2, -0.15) is 0 Å². The Bertz CT molecular complexity index is 748. The summed E-state index contributed by atoms with van der Waals surface area (Å²) in [5, 5.41) is 0. The molecule has 0 unspecified atom stereocenters. The maximum atomic E-state index is 12.3. The van der Waals surface area contributed by atoms with E-state index >= 15 is 0 Å². The minimum absolute atomic E-state index is 0.289. The highest BCUT2D eigenvalue weighted by molar-refractivity contribution is 7.89. The van der Waals surface area contributed by atoms with E-state index in [0.29, 0.717) is 11.4 Å². The Morgan fingerprint density at radius 1 is 1.00 bits per heavy atom. The van der Waals surface area contributed by atoms with Crippen LogP contribution in [0.4, 0.5) is 0 Å². The van der Waals surface area contributed by atoms with Gasteiger partial charge in [0.1, 0.15) is 0 Å². The average Bonchev–Trinajstić information content (AvgIpc) is 3.28. The molecule has 0 amide bonds. The Hall–Kier alpha value is -1.65. The zero-order valence-corrected chi connectivity index (χ0v) is 14.3. The molecule has 3 nitrogen and oxygen atoms in total. The summed E-state index contributed by atoms with van der Waals surface area (Å²) in [5.74, 6) is 0. The SMILES string of the molecule is Cc1ccc(S(=O)(=O)NCCC2(Cc3ccccc3)CC2)cc1. The van der Waals surface area contributed by atoms with Gasteiger partial charge in [0, 0.05) is 6.54 Å². The van der Waals surface area contributed by atoms with Gasteiger partial charge in [0.05, 0.1) is 4.90 Å². The first-order valence-corrected chi connectivity index (χ1v) is 9.58. The van der Waals surface area contributed by atoms with Gasteiger partial charge < -0.3 is 0 Å². The molecule has 0 bridgehead atoms. The van der Waals surface area contributed by atoms with E-state index < -0.39 is 10.0 Å². The van der Waals surface area contributed by atoms with Gasteiger partial charge in [0.25, 0.3) is 0 Å². The Labute approximate surface area is 138 Å². The van der Waals surface area contributed by atoms with Gasteiger partial charge >= 0.3 is 0 Å². The first-order chi connectivity index (χ1) is 11.0. The predicted molar refractivity (Wildman–Crippen MR) is 92.8 cm³/mol. The normalized spacial score (nSPS) is 16.2. The van der Waals surface area contributed by atoms with Crippen molar-refractivity contribution in [2.24, 2.45) is 5.41 Å². The quantitative estimate of drug-likeness (QED) is 0.842. The van der Waals surface area contributed by atoms with Crippen molar-refractivity contribution in [2.45, 2.75) is 37.5 Å². The summed E-state index contributed by atoms with van der Waals surface area (Å²) < 4.78 is 27.3. The summed E-state index contributed by atoms with van der Waals surface area (Å²) in [7, 11) is -3.39. The first kappa shape index (κ1) is 16.2. The molecule has 1 aliphatic rings. The summed E-state index contributed by atoms with van der Waals surface area (Å²) >= 11 is 0. The fourth-order valence-corrected chi connectivity index (χ4v) is 4.00. The largest absolute Gasteiger partial charge is 0.240 e. The number of benzene rings is 2. The number of hydrogen-bond donors (Lipinski definition) is 1. The molecule has 0 spiro atoms. The first-order valence-electron chi connectivity index (χ1n) is 8.09. The molecule has 3 rings (SSSR count). The molecule has 4 heteroatoms. The van der Waals surface area contributed by atoms with Crippen molar-refractivity contribution >= 4 is 10.0 Å². The Morgan fingerprint density at radius 2 is 1.65 bits per heavy atom. The lowest BCUT2D eigenvalue weighted by atomic mass is 9.93. The van der Waals surface area contributed by atoms with E-state index in [1.54, 1.807) is 12.1 Å². The lowest BCUT2D eigenvalue weighted by molar-refractivity contribution is 0.459. The summed E-state index contributed by atoms with van der Waals surface area (Å²) in [4.78, 5) is 0.344. The van der Waals surface area contributed by atoms with Crippen LogP contribution in [0, 0.1) is 12.3 Å². The zero-order valence-electron chi connectivity index (χ0n) is 13.5. The van der Waals surface area contributed by atoms with Crippen LogP contribution in [0.1, 0.15) is 30.4 Å². The molecule has 122 valence electrons. The number of rotatable bonds is 7. The topological polar surface area (TPSA) is 46.2 Å². The highest BCUT2D eigenvalue weighted by Gasteiger charge is 2.41. The van der Waals surface area contributed by atoms with Gasteiger partial charge in [0.2, 0.25) is 10.0 Å². The minimum atomic E-state index is -3.39. The van der Waals surface area contributed by atoms with Crippen LogP contribution >= 0.6 is 0 Å². The van der Waals surface area contributed by atoms with Crippen LogP contribution in [0.15, 0.2) is 59.5 Å². The van der Waals surface area contributed by atoms with E-state index in [-0.39, 0.29) is 5.41 Å². The molecule has 0 aromatic heterocycles. The average molecular weight is 329 g/mol. The highest BCUT2D eigenvalue weighted by Crippen LogP contribution is 2.51. The fraction of sp³-hybridized carbons (Fsp3) is 0.368. The molecule has 1 N–H and O–H groups in total. The Morgan fingerprint density at radius 3 is 2.26 bits per heavy atom. The molecule has 0 radical (unpaired) electrons. The van der Waals surface area contributed by atoms with Crippen molar-refractivity contribution in [1.82, 2.24) is 4.72 Å². The molecular formula is C19H23NO2S. The number of hydrogen-bond acceptors (Lipinski definition) is 2. The predicted octanol–water partition coefficient (Wildman–Crippen LogP) is 3.69. The molecule has 0 atom stereocenters. The van der Waals surface area contributed by atoms with Crippen LogP contribution in [0.3, 0.4) is 0 Å². The molecule has 0 heterocycles. The van der Waals surface area contributed by atoms with Gasteiger partial charge in [-0.3, -0.25) is 0 Å². The molecule has 1 fully saturated rings. The van der Waals surface area contributed by atoms with E-state index in [1.807, 2.05) is 25.1 Å². The van der Waals surface area contributed by atoms with Crippen LogP contribution in [0.25, 0.3) is 0 Å². The third-order valence-corrected chi connectivity index (χ3v) is 6.13. The molecule has 2 aromatic carbocycles. The van der Waals surface area contributed by atoms with Crippen LogP contribution in [0.5, 0.6) is 0 Å². The monoisotopic (exact) mass is 329 g/mol. The minimum Gasteiger partial charge on any atom is -0.211 e. The lowest BCUT2D eigenvalue weighted by Gasteiger charge is -2.16. The van der Waals surface area contributed by atoms with E-state index in [4.69, 9.17) is 0 Å². The van der Waals surface area contributed by atoms with Gasteiger partial charge in [-0.25, -0.2) is 13.1 Å². The second-order valence-electron chi connectivity index (χ2n) is 6.62. The second-order valence-corrected chi connectivity index (χ2v) is 8.39. The highest BCUT2D eigenvalue weighted by atomic mass is 32.2. The second kappa shape index (κ2) is 6.46. The summed E-state index contributed by atoms with van der Waals surface area (Å²) in [6.45, 7) is 2.45. The van der Waals surface area contributed by atoms with Crippen molar-refractivity contribution in [3.8, 4) is 0 Å². The van der Waals surface area contributed by atoms with Crippen molar-refractivity contribution in [2.75, 3.05) is 6.54 Å². The van der Waals surface area contributed by atoms with Gasteiger partial charge in [-0.05, 0) is 55.7 Å². The third kappa shape index (κ3) is 4.21. The summed E-state index contributed by atoms with van der Waals surface area (Å²) in [5.41, 5.74) is 2.69. The molecule has 2 aromatic rings. The fourth-order valence-electron chi connectivity index (χ4n) is 2.97. The van der Waals surface area contributed by atoms with Crippen molar-refractivity contribution in [3.05, 3.63) is 65.7 Å². The number of sulfonamides is 1. The maximum Gasteiger partial charge on any atom is 0.240 e. The zero-order chi connectivity index (χ0) is 16.3. The van der Waals surface area contributed by atoms with Gasteiger partial charge in [-0.1, -0.05) is 48.0 Å². The third-order valence-electron chi connectivity index (χ3n) is 4.66. The molecular weight excluding hydrogens is 306 g/mol. The van der Waals surface area contributed by atoms with E-state index in [1.165, 1.54) is 18.4 Å². The van der Waals surface area contributed by atoms with Crippen molar-refractivity contribution < 1.29 is 8.42 Å². The lowest BCUT2D eigenvalue weighted by Crippen LogP contribution is -2.27. The number of aryl methyl sites for hydroxylation is 1.